The molecule has 0 N–H and O–H groups in total. The van der Waals surface area contributed by atoms with E-state index in [2.05, 4.69) is 24.3 Å². The zero-order chi connectivity index (χ0) is 21.8. The van der Waals surface area contributed by atoms with Crippen LogP contribution in [0, 0.1) is 5.92 Å². The molecule has 0 atom stereocenters. The zero-order valence-corrected chi connectivity index (χ0v) is 17.9. The lowest BCUT2D eigenvalue weighted by Crippen LogP contribution is -2.48. The van der Waals surface area contributed by atoms with E-state index in [1.54, 1.807) is 25.1 Å². The molecule has 0 saturated carbocycles. The molecular weight excluding hydrogens is 392 g/mol. The maximum absolute atomic E-state index is 13.0. The fourth-order valence-electron chi connectivity index (χ4n) is 4.32. The largest absolute Gasteiger partial charge is 0.482 e. The normalized spacial score (nSPS) is 16.6. The minimum absolute atomic E-state index is 0.00686. The van der Waals surface area contributed by atoms with Crippen LogP contribution in [0.4, 0.5) is 5.69 Å². The number of Topliss-reactive ketones (excluding diaryl/α,β-unsaturated/α-hetero) is 1. The number of ketones is 1. The third kappa shape index (κ3) is 4.79. The average molecular weight is 421 g/mol. The van der Waals surface area contributed by atoms with Crippen molar-refractivity contribution >= 4 is 23.3 Å². The summed E-state index contributed by atoms with van der Waals surface area (Å²) < 4.78 is 5.50. The van der Waals surface area contributed by atoms with Gasteiger partial charge < -0.3 is 9.64 Å². The van der Waals surface area contributed by atoms with Gasteiger partial charge in [-0.2, -0.15) is 0 Å². The van der Waals surface area contributed by atoms with Crippen LogP contribution in [-0.4, -0.2) is 48.7 Å². The van der Waals surface area contributed by atoms with Crippen LogP contribution in [0.5, 0.6) is 5.75 Å². The molecule has 2 aliphatic rings. The summed E-state index contributed by atoms with van der Waals surface area (Å²) in [5, 5.41) is 0. The molecule has 2 aromatic carbocycles. The van der Waals surface area contributed by atoms with Crippen molar-refractivity contribution in [1.82, 2.24) is 4.90 Å². The van der Waals surface area contributed by atoms with E-state index in [1.165, 1.54) is 10.5 Å². The highest BCUT2D eigenvalue weighted by Crippen LogP contribution is 2.33. The molecule has 31 heavy (non-hydrogen) atoms. The van der Waals surface area contributed by atoms with Crippen molar-refractivity contribution in [3.8, 4) is 5.75 Å². The Morgan fingerprint density at radius 1 is 1.06 bits per heavy atom. The molecule has 2 aromatic rings. The van der Waals surface area contributed by atoms with Gasteiger partial charge in [0.2, 0.25) is 5.91 Å². The smallest absolute Gasteiger partial charge is 0.265 e. The number of fused-ring (bicyclic) bond motifs is 1. The predicted octanol–water partition coefficient (Wildman–Crippen LogP) is 3.49. The first kappa shape index (κ1) is 21.1. The standard InChI is InChI=1S/C25H28N2O4/c1-2-22(28)20-8-9-23-21(15-20)27(25(30)17-31-23)16-24(29)26-12-10-19(11-13-26)14-18-6-4-3-5-7-18/h3-9,15,19H,2,10-14,16-17H2,1H3. The highest BCUT2D eigenvalue weighted by atomic mass is 16.5. The van der Waals surface area contributed by atoms with Crippen LogP contribution >= 0.6 is 0 Å². The van der Waals surface area contributed by atoms with Crippen LogP contribution in [0.15, 0.2) is 48.5 Å². The van der Waals surface area contributed by atoms with E-state index < -0.39 is 0 Å². The fourth-order valence-corrected chi connectivity index (χ4v) is 4.32. The van der Waals surface area contributed by atoms with Gasteiger partial charge in [-0.15, -0.1) is 0 Å². The Bertz CT molecular complexity index is 965. The Kier molecular flexibility index (Phi) is 6.35. The first-order valence-corrected chi connectivity index (χ1v) is 11.0. The molecule has 2 amide bonds. The molecule has 2 heterocycles. The topological polar surface area (TPSA) is 66.9 Å². The lowest BCUT2D eigenvalue weighted by atomic mass is 9.90. The summed E-state index contributed by atoms with van der Waals surface area (Å²) in [6, 6.07) is 15.5. The molecule has 1 saturated heterocycles. The molecule has 0 aromatic heterocycles. The summed E-state index contributed by atoms with van der Waals surface area (Å²) in [4.78, 5) is 40.9. The summed E-state index contributed by atoms with van der Waals surface area (Å²) in [5.41, 5.74) is 2.36. The van der Waals surface area contributed by atoms with Crippen molar-refractivity contribution in [2.24, 2.45) is 5.92 Å². The second kappa shape index (κ2) is 9.33. The maximum atomic E-state index is 13.0. The van der Waals surface area contributed by atoms with Crippen molar-refractivity contribution in [2.45, 2.75) is 32.6 Å². The van der Waals surface area contributed by atoms with Crippen LogP contribution in [0.1, 0.15) is 42.1 Å². The number of nitrogens with zero attached hydrogens (tertiary/aromatic N) is 2. The summed E-state index contributed by atoms with van der Waals surface area (Å²) in [6.07, 6.45) is 3.34. The number of hydrogen-bond donors (Lipinski definition) is 0. The molecule has 6 heteroatoms. The van der Waals surface area contributed by atoms with E-state index in [0.717, 1.165) is 19.3 Å². The van der Waals surface area contributed by atoms with Crippen molar-refractivity contribution < 1.29 is 19.1 Å². The molecule has 0 bridgehead atoms. The molecular formula is C25H28N2O4. The van der Waals surface area contributed by atoms with Crippen LogP contribution < -0.4 is 9.64 Å². The van der Waals surface area contributed by atoms with Gasteiger partial charge in [-0.3, -0.25) is 19.3 Å². The van der Waals surface area contributed by atoms with Crippen molar-refractivity contribution in [3.63, 3.8) is 0 Å². The SMILES string of the molecule is CCC(=O)c1ccc2c(c1)N(CC(=O)N1CCC(Cc3ccccc3)CC1)C(=O)CO2. The number of rotatable bonds is 6. The molecule has 6 nitrogen and oxygen atoms in total. The van der Waals surface area contributed by atoms with Gasteiger partial charge in [0, 0.05) is 25.1 Å². The van der Waals surface area contributed by atoms with Gasteiger partial charge >= 0.3 is 0 Å². The van der Waals surface area contributed by atoms with E-state index in [-0.39, 0.29) is 30.7 Å². The summed E-state index contributed by atoms with van der Waals surface area (Å²) in [7, 11) is 0. The zero-order valence-electron chi connectivity index (χ0n) is 17.9. The van der Waals surface area contributed by atoms with Gasteiger partial charge in [0.15, 0.2) is 12.4 Å². The lowest BCUT2D eigenvalue weighted by molar-refractivity contribution is -0.133. The monoisotopic (exact) mass is 420 g/mol. The summed E-state index contributed by atoms with van der Waals surface area (Å²) in [5.74, 6) is 0.765. The second-order valence-corrected chi connectivity index (χ2v) is 8.24. The highest BCUT2D eigenvalue weighted by molar-refractivity contribution is 6.04. The molecule has 0 unspecified atom stereocenters. The van der Waals surface area contributed by atoms with Crippen LogP contribution in [0.3, 0.4) is 0 Å². The molecule has 0 aliphatic carbocycles. The Balaban J connectivity index is 1.40. The Labute approximate surface area is 182 Å². The van der Waals surface area contributed by atoms with Crippen LogP contribution in [0.25, 0.3) is 0 Å². The van der Waals surface area contributed by atoms with Crippen molar-refractivity contribution in [2.75, 3.05) is 31.1 Å². The molecule has 1 fully saturated rings. The van der Waals surface area contributed by atoms with Gasteiger partial charge in [0.25, 0.3) is 5.91 Å². The highest BCUT2D eigenvalue weighted by Gasteiger charge is 2.31. The van der Waals surface area contributed by atoms with Gasteiger partial charge in [0.05, 0.1) is 5.69 Å². The molecule has 162 valence electrons. The third-order valence-electron chi connectivity index (χ3n) is 6.17. The number of anilines is 1. The molecule has 4 rings (SSSR count). The quantitative estimate of drug-likeness (QED) is 0.671. The number of ether oxygens (including phenoxy) is 1. The number of benzene rings is 2. The molecule has 0 radical (unpaired) electrons. The Morgan fingerprint density at radius 2 is 1.81 bits per heavy atom. The second-order valence-electron chi connectivity index (χ2n) is 8.24. The van der Waals surface area contributed by atoms with E-state index in [4.69, 9.17) is 4.74 Å². The maximum Gasteiger partial charge on any atom is 0.265 e. The first-order valence-electron chi connectivity index (χ1n) is 11.0. The van der Waals surface area contributed by atoms with Gasteiger partial charge in [-0.25, -0.2) is 0 Å². The van der Waals surface area contributed by atoms with Crippen LogP contribution in [-0.2, 0) is 16.0 Å². The van der Waals surface area contributed by atoms with E-state index in [9.17, 15) is 14.4 Å². The number of hydrogen-bond acceptors (Lipinski definition) is 4. The first-order chi connectivity index (χ1) is 15.0. The minimum Gasteiger partial charge on any atom is -0.482 e. The number of carbonyl (C=O) groups is 3. The number of carbonyl (C=O) groups excluding carboxylic acids is 3. The molecule has 2 aliphatic heterocycles. The molecule has 0 spiro atoms. The number of amides is 2. The number of piperidine rings is 1. The van der Waals surface area contributed by atoms with E-state index in [0.29, 0.717) is 42.4 Å². The van der Waals surface area contributed by atoms with E-state index >= 15 is 0 Å². The third-order valence-corrected chi connectivity index (χ3v) is 6.17. The Morgan fingerprint density at radius 3 is 2.52 bits per heavy atom. The van der Waals surface area contributed by atoms with Gasteiger partial charge in [-0.1, -0.05) is 37.3 Å². The minimum atomic E-state index is -0.263. The van der Waals surface area contributed by atoms with Crippen molar-refractivity contribution in [1.29, 1.82) is 0 Å². The Hall–Kier alpha value is -3.15. The number of likely N-dealkylation sites (tertiary alicyclic amines) is 1. The summed E-state index contributed by atoms with van der Waals surface area (Å²) in [6.45, 7) is 3.08. The summed E-state index contributed by atoms with van der Waals surface area (Å²) >= 11 is 0. The lowest BCUT2D eigenvalue weighted by Gasteiger charge is -2.35. The predicted molar refractivity (Wildman–Crippen MR) is 118 cm³/mol. The fraction of sp³-hybridized carbons (Fsp3) is 0.400. The average Bonchev–Trinajstić information content (AvgIpc) is 2.81. The van der Waals surface area contributed by atoms with E-state index in [1.807, 2.05) is 11.0 Å². The van der Waals surface area contributed by atoms with Gasteiger partial charge in [0.1, 0.15) is 12.3 Å². The van der Waals surface area contributed by atoms with Gasteiger partial charge in [-0.05, 0) is 48.9 Å². The van der Waals surface area contributed by atoms with Crippen molar-refractivity contribution in [3.05, 3.63) is 59.7 Å². The van der Waals surface area contributed by atoms with Crippen LogP contribution in [0.2, 0.25) is 0 Å².